The van der Waals surface area contributed by atoms with Gasteiger partial charge in [-0.25, -0.2) is 4.39 Å². The van der Waals surface area contributed by atoms with Crippen molar-refractivity contribution in [3.8, 4) is 0 Å². The summed E-state index contributed by atoms with van der Waals surface area (Å²) in [5, 5.41) is 10.7. The topological polar surface area (TPSA) is 63.5 Å². The molecule has 140 valence electrons. The van der Waals surface area contributed by atoms with Gasteiger partial charge in [-0.15, -0.1) is 0 Å². The molecule has 1 heterocycles. The lowest BCUT2D eigenvalue weighted by molar-refractivity contribution is -0.384. The van der Waals surface area contributed by atoms with E-state index in [9.17, 15) is 19.3 Å². The fraction of sp³-hybridized carbons (Fsp3) is 0.286. The van der Waals surface area contributed by atoms with E-state index in [4.69, 9.17) is 0 Å². The molecule has 6 heteroatoms. The fourth-order valence-electron chi connectivity index (χ4n) is 3.26. The number of nitrogens with zero attached hydrogens (tertiary/aromatic N) is 2. The number of carbonyl (C=O) groups is 1. The Labute approximate surface area is 157 Å². The number of benzene rings is 2. The summed E-state index contributed by atoms with van der Waals surface area (Å²) in [6.45, 7) is 2.53. The molecule has 0 aliphatic carbocycles. The molecule has 2 aromatic rings. The Morgan fingerprint density at radius 3 is 2.52 bits per heavy atom. The number of allylic oxidation sites excluding steroid dienone is 2. The molecule has 1 fully saturated rings. The van der Waals surface area contributed by atoms with Crippen molar-refractivity contribution in [3.63, 3.8) is 0 Å². The van der Waals surface area contributed by atoms with Gasteiger partial charge in [0.15, 0.2) is 5.78 Å². The standard InChI is InChI=1S/C21H21FN2O3/c22-19-3-1-2-17(14-19)15-23-12-10-16(11-13-23)4-9-21(25)18-5-7-20(8-6-18)24(26)27/h1-9,14,16H,10-13,15H2/b9-4+. The van der Waals surface area contributed by atoms with Gasteiger partial charge < -0.3 is 0 Å². The summed E-state index contributed by atoms with van der Waals surface area (Å²) >= 11 is 0. The van der Waals surface area contributed by atoms with E-state index >= 15 is 0 Å². The van der Waals surface area contributed by atoms with Gasteiger partial charge in [0.2, 0.25) is 0 Å². The van der Waals surface area contributed by atoms with Crippen LogP contribution in [0.15, 0.2) is 60.7 Å². The van der Waals surface area contributed by atoms with E-state index in [1.54, 1.807) is 18.2 Å². The van der Waals surface area contributed by atoms with Crippen molar-refractivity contribution in [3.05, 3.63) is 87.7 Å². The second kappa shape index (κ2) is 8.68. The summed E-state index contributed by atoms with van der Waals surface area (Å²) < 4.78 is 13.3. The SMILES string of the molecule is O=C(/C=C/C1CCN(Cc2cccc(F)c2)CC1)c1ccc([N+](=O)[O-])cc1. The van der Waals surface area contributed by atoms with Gasteiger partial charge in [-0.05, 0) is 67.8 Å². The zero-order valence-electron chi connectivity index (χ0n) is 14.9. The minimum Gasteiger partial charge on any atom is -0.299 e. The normalized spacial score (nSPS) is 15.9. The number of hydrogen-bond donors (Lipinski definition) is 0. The van der Waals surface area contributed by atoms with Gasteiger partial charge in [-0.3, -0.25) is 19.8 Å². The molecule has 0 spiro atoms. The zero-order chi connectivity index (χ0) is 19.2. The van der Waals surface area contributed by atoms with Crippen molar-refractivity contribution < 1.29 is 14.1 Å². The summed E-state index contributed by atoms with van der Waals surface area (Å²) in [6, 6.07) is 12.3. The van der Waals surface area contributed by atoms with Gasteiger partial charge >= 0.3 is 0 Å². The van der Waals surface area contributed by atoms with Crippen molar-refractivity contribution in [1.82, 2.24) is 4.90 Å². The molecule has 5 nitrogen and oxygen atoms in total. The van der Waals surface area contributed by atoms with E-state index in [-0.39, 0.29) is 17.3 Å². The number of rotatable bonds is 6. The van der Waals surface area contributed by atoms with Crippen LogP contribution in [0.2, 0.25) is 0 Å². The van der Waals surface area contributed by atoms with Crippen LogP contribution in [0.1, 0.15) is 28.8 Å². The Morgan fingerprint density at radius 2 is 1.89 bits per heavy atom. The Morgan fingerprint density at radius 1 is 1.19 bits per heavy atom. The van der Waals surface area contributed by atoms with Crippen LogP contribution in [0.4, 0.5) is 10.1 Å². The van der Waals surface area contributed by atoms with Gasteiger partial charge in [0, 0.05) is 24.2 Å². The summed E-state index contributed by atoms with van der Waals surface area (Å²) in [5.74, 6) is -0.0297. The molecule has 1 saturated heterocycles. The molecule has 27 heavy (non-hydrogen) atoms. The van der Waals surface area contributed by atoms with Gasteiger partial charge in [0.05, 0.1) is 4.92 Å². The van der Waals surface area contributed by atoms with E-state index in [0.717, 1.165) is 38.0 Å². The van der Waals surface area contributed by atoms with Crippen molar-refractivity contribution in [2.75, 3.05) is 13.1 Å². The van der Waals surface area contributed by atoms with Gasteiger partial charge in [-0.1, -0.05) is 18.2 Å². The number of piperidine rings is 1. The first kappa shape index (κ1) is 18.9. The Hall–Kier alpha value is -2.86. The molecule has 3 rings (SSSR count). The number of likely N-dealkylation sites (tertiary alicyclic amines) is 1. The van der Waals surface area contributed by atoms with Gasteiger partial charge in [0.1, 0.15) is 5.82 Å². The van der Waals surface area contributed by atoms with Crippen LogP contribution < -0.4 is 0 Å². The third-order valence-electron chi connectivity index (χ3n) is 4.81. The first-order valence-electron chi connectivity index (χ1n) is 8.95. The lowest BCUT2D eigenvalue weighted by Gasteiger charge is -2.30. The third-order valence-corrected chi connectivity index (χ3v) is 4.81. The van der Waals surface area contributed by atoms with Crippen molar-refractivity contribution in [2.45, 2.75) is 19.4 Å². The fourth-order valence-corrected chi connectivity index (χ4v) is 3.26. The molecular formula is C21H21FN2O3. The number of carbonyl (C=O) groups excluding carboxylic acids is 1. The lowest BCUT2D eigenvalue weighted by Crippen LogP contribution is -2.32. The van der Waals surface area contributed by atoms with E-state index in [2.05, 4.69) is 4.90 Å². The molecule has 0 unspecified atom stereocenters. The van der Waals surface area contributed by atoms with Gasteiger partial charge in [0.25, 0.3) is 5.69 Å². The summed E-state index contributed by atoms with van der Waals surface area (Å²) in [4.78, 5) is 24.7. The molecule has 0 bridgehead atoms. The molecule has 1 aliphatic heterocycles. The minimum atomic E-state index is -0.484. The number of halogens is 1. The van der Waals surface area contributed by atoms with E-state index in [1.165, 1.54) is 30.3 Å². The highest BCUT2D eigenvalue weighted by atomic mass is 19.1. The van der Waals surface area contributed by atoms with Crippen LogP contribution in [0.5, 0.6) is 0 Å². The number of non-ortho nitro benzene ring substituents is 1. The number of nitro benzene ring substituents is 1. The molecule has 0 amide bonds. The molecule has 1 aliphatic rings. The molecule has 0 saturated carbocycles. The Kier molecular flexibility index (Phi) is 6.08. The van der Waals surface area contributed by atoms with Crippen molar-refractivity contribution >= 4 is 11.5 Å². The van der Waals surface area contributed by atoms with Crippen LogP contribution in [-0.2, 0) is 6.54 Å². The van der Waals surface area contributed by atoms with Crippen molar-refractivity contribution in [2.24, 2.45) is 5.92 Å². The molecule has 2 aromatic carbocycles. The van der Waals surface area contributed by atoms with Crippen LogP contribution in [0, 0.1) is 21.8 Å². The maximum absolute atomic E-state index is 13.3. The maximum Gasteiger partial charge on any atom is 0.269 e. The highest BCUT2D eigenvalue weighted by molar-refractivity contribution is 6.04. The molecule has 0 N–H and O–H groups in total. The monoisotopic (exact) mass is 368 g/mol. The largest absolute Gasteiger partial charge is 0.299 e. The highest BCUT2D eigenvalue weighted by Crippen LogP contribution is 2.21. The number of ketones is 1. The quantitative estimate of drug-likeness (QED) is 0.328. The zero-order valence-corrected chi connectivity index (χ0v) is 14.9. The number of nitro groups is 1. The predicted octanol–water partition coefficient (Wildman–Crippen LogP) is 4.39. The highest BCUT2D eigenvalue weighted by Gasteiger charge is 2.18. The van der Waals surface area contributed by atoms with E-state index < -0.39 is 4.92 Å². The Bertz CT molecular complexity index is 841. The van der Waals surface area contributed by atoms with E-state index in [1.807, 2.05) is 12.1 Å². The second-order valence-electron chi connectivity index (χ2n) is 6.77. The third kappa shape index (κ3) is 5.31. The molecular weight excluding hydrogens is 347 g/mol. The Balaban J connectivity index is 1.49. The predicted molar refractivity (Wildman–Crippen MR) is 101 cm³/mol. The molecule has 0 aromatic heterocycles. The lowest BCUT2D eigenvalue weighted by atomic mass is 9.95. The van der Waals surface area contributed by atoms with Crippen LogP contribution in [0.3, 0.4) is 0 Å². The average molecular weight is 368 g/mol. The summed E-state index contributed by atoms with van der Waals surface area (Å²) in [6.07, 6.45) is 5.38. The molecule has 0 atom stereocenters. The summed E-state index contributed by atoms with van der Waals surface area (Å²) in [7, 11) is 0. The number of hydrogen-bond acceptors (Lipinski definition) is 4. The first-order valence-corrected chi connectivity index (χ1v) is 8.95. The van der Waals surface area contributed by atoms with E-state index in [0.29, 0.717) is 11.5 Å². The smallest absolute Gasteiger partial charge is 0.269 e. The van der Waals surface area contributed by atoms with Crippen LogP contribution in [-0.4, -0.2) is 28.7 Å². The second-order valence-corrected chi connectivity index (χ2v) is 6.77. The first-order chi connectivity index (χ1) is 13.0. The summed E-state index contributed by atoms with van der Waals surface area (Å²) in [5.41, 5.74) is 1.39. The van der Waals surface area contributed by atoms with Gasteiger partial charge in [-0.2, -0.15) is 0 Å². The van der Waals surface area contributed by atoms with Crippen LogP contribution >= 0.6 is 0 Å². The van der Waals surface area contributed by atoms with Crippen LogP contribution in [0.25, 0.3) is 0 Å². The molecule has 0 radical (unpaired) electrons. The minimum absolute atomic E-state index is 0.0267. The average Bonchev–Trinajstić information content (AvgIpc) is 2.67. The maximum atomic E-state index is 13.3. The van der Waals surface area contributed by atoms with Crippen molar-refractivity contribution in [1.29, 1.82) is 0 Å².